The number of hydrogen-bond acceptors (Lipinski definition) is 5. The maximum atomic E-state index is 12.1. The maximum absolute atomic E-state index is 12.1. The number of aromatic nitrogens is 1. The fourth-order valence-electron chi connectivity index (χ4n) is 3.81. The van der Waals surface area contributed by atoms with Gasteiger partial charge in [-0.15, -0.1) is 0 Å². The topological polar surface area (TPSA) is 89.4 Å². The van der Waals surface area contributed by atoms with Gasteiger partial charge in [-0.05, 0) is 70.0 Å². The van der Waals surface area contributed by atoms with Gasteiger partial charge in [-0.1, -0.05) is 60.3 Å². The first-order valence-corrected chi connectivity index (χ1v) is 13.5. The molecule has 0 radical (unpaired) electrons. The van der Waals surface area contributed by atoms with E-state index in [0.717, 1.165) is 32.8 Å². The molecule has 0 aliphatic carbocycles. The molecule has 1 atom stereocenters. The molecule has 0 bridgehead atoms. The van der Waals surface area contributed by atoms with Gasteiger partial charge in [-0.3, -0.25) is 9.59 Å². The number of fused-ring (bicyclic) bond motifs is 1. The molecule has 0 spiro atoms. The van der Waals surface area contributed by atoms with Crippen molar-refractivity contribution in [2.75, 3.05) is 5.32 Å². The number of alkyl carbamates (subject to hydrolysis) is 1. The molecule has 1 aromatic heterocycles. The average Bonchev–Trinajstić information content (AvgIpc) is 2.88. The number of benzene rings is 3. The Bertz CT molecular complexity index is 1450. The maximum Gasteiger partial charge on any atom is 0.407 e. The molecule has 2 N–H and O–H groups in total. The highest BCUT2D eigenvalue weighted by Gasteiger charge is 2.17. The third-order valence-corrected chi connectivity index (χ3v) is 6.64. The summed E-state index contributed by atoms with van der Waals surface area (Å²) in [6, 6.07) is 27.1. The smallest absolute Gasteiger partial charge is 0.407 e. The van der Waals surface area contributed by atoms with Crippen molar-refractivity contribution in [1.82, 2.24) is 9.88 Å². The van der Waals surface area contributed by atoms with Gasteiger partial charge in [0.2, 0.25) is 6.41 Å². The molecular weight excluding hydrogens is 510 g/mol. The summed E-state index contributed by atoms with van der Waals surface area (Å²) in [6.07, 6.45) is 1.09. The Kier molecular flexibility index (Phi) is 10.3. The summed E-state index contributed by atoms with van der Waals surface area (Å²) in [5, 5.41) is 6.47. The zero-order valence-corrected chi connectivity index (χ0v) is 23.7. The molecule has 0 fully saturated rings. The summed E-state index contributed by atoms with van der Waals surface area (Å²) < 4.78 is 6.85. The Hall–Kier alpha value is -4.04. The van der Waals surface area contributed by atoms with E-state index < -0.39 is 5.60 Å². The minimum Gasteiger partial charge on any atom is -0.444 e. The summed E-state index contributed by atoms with van der Waals surface area (Å²) in [5.74, 6) is 0. The second-order valence-electron chi connectivity index (χ2n) is 10.0. The number of rotatable bonds is 7. The number of hydrogen-bond donors (Lipinski definition) is 2. The number of nitrogens with one attached hydrogen (secondary N) is 2. The highest BCUT2D eigenvalue weighted by Crippen LogP contribution is 2.32. The summed E-state index contributed by atoms with van der Waals surface area (Å²) in [7, 11) is 1.78. The Morgan fingerprint density at radius 1 is 1.00 bits per heavy atom. The van der Waals surface area contributed by atoms with Crippen molar-refractivity contribution in [3.63, 3.8) is 0 Å². The van der Waals surface area contributed by atoms with Crippen molar-refractivity contribution in [2.24, 2.45) is 7.05 Å². The molecule has 0 aliphatic heterocycles. The van der Waals surface area contributed by atoms with Gasteiger partial charge in [0.05, 0.1) is 5.52 Å². The highest BCUT2D eigenvalue weighted by molar-refractivity contribution is 7.99. The fourth-order valence-corrected chi connectivity index (χ4v) is 4.77. The molecule has 1 heterocycles. The Morgan fingerprint density at radius 3 is 2.28 bits per heavy atom. The van der Waals surface area contributed by atoms with E-state index in [1.54, 1.807) is 17.7 Å². The molecule has 39 heavy (non-hydrogen) atoms. The van der Waals surface area contributed by atoms with Crippen molar-refractivity contribution < 1.29 is 14.3 Å². The van der Waals surface area contributed by atoms with Crippen molar-refractivity contribution in [3.8, 4) is 0 Å². The Balaban J connectivity index is 0.000000224. The van der Waals surface area contributed by atoms with Crippen molar-refractivity contribution in [1.29, 1.82) is 0 Å². The predicted molar refractivity (Wildman–Crippen MR) is 158 cm³/mol. The molecule has 4 aromatic rings. The molecule has 8 heteroatoms. The van der Waals surface area contributed by atoms with Gasteiger partial charge in [0.25, 0.3) is 5.56 Å². The van der Waals surface area contributed by atoms with Crippen LogP contribution in [0, 0.1) is 0 Å². The van der Waals surface area contributed by atoms with Gasteiger partial charge in [0, 0.05) is 40.0 Å². The third kappa shape index (κ3) is 9.33. The second kappa shape index (κ2) is 13.7. The molecular formula is C31H35N3O4S. The minimum atomic E-state index is -0.448. The lowest BCUT2D eigenvalue weighted by Crippen LogP contribution is -2.38. The number of amides is 2. The van der Waals surface area contributed by atoms with Crippen LogP contribution in [-0.2, 0) is 23.0 Å². The third-order valence-electron chi connectivity index (χ3n) is 5.57. The first kappa shape index (κ1) is 29.5. The second-order valence-corrected chi connectivity index (χ2v) is 11.2. The van der Waals surface area contributed by atoms with Crippen molar-refractivity contribution in [2.45, 2.75) is 55.5 Å². The Morgan fingerprint density at radius 2 is 1.64 bits per heavy atom. The molecule has 0 saturated carbocycles. The lowest BCUT2D eigenvalue weighted by atomic mass is 10.1. The van der Waals surface area contributed by atoms with Crippen LogP contribution in [0.5, 0.6) is 0 Å². The molecule has 1 unspecified atom stereocenters. The van der Waals surface area contributed by atoms with Crippen molar-refractivity contribution >= 4 is 40.9 Å². The van der Waals surface area contributed by atoms with E-state index in [1.165, 1.54) is 17.3 Å². The fraction of sp³-hybridized carbons (Fsp3) is 0.258. The monoisotopic (exact) mass is 545 g/mol. The lowest BCUT2D eigenvalue weighted by Gasteiger charge is -2.22. The molecule has 4 rings (SSSR count). The van der Waals surface area contributed by atoms with Gasteiger partial charge in [-0.25, -0.2) is 4.79 Å². The van der Waals surface area contributed by atoms with Crippen LogP contribution in [0.25, 0.3) is 10.9 Å². The van der Waals surface area contributed by atoms with E-state index in [-0.39, 0.29) is 17.7 Å². The number of carbonyl (C=O) groups excluding carboxylic acids is 2. The number of nitrogens with zero attached hydrogens (tertiary/aromatic N) is 1. The van der Waals surface area contributed by atoms with Crippen LogP contribution >= 0.6 is 11.8 Å². The molecule has 204 valence electrons. The van der Waals surface area contributed by atoms with E-state index in [9.17, 15) is 14.4 Å². The van der Waals surface area contributed by atoms with E-state index in [2.05, 4.69) is 10.6 Å². The number of aryl methyl sites for hydroxylation is 1. The summed E-state index contributed by atoms with van der Waals surface area (Å²) in [6.45, 7) is 7.54. The van der Waals surface area contributed by atoms with Crippen LogP contribution in [0.2, 0.25) is 0 Å². The first-order chi connectivity index (χ1) is 18.6. The van der Waals surface area contributed by atoms with Crippen molar-refractivity contribution in [3.05, 3.63) is 101 Å². The number of para-hydroxylation sites is 1. The largest absolute Gasteiger partial charge is 0.444 e. The SMILES string of the molecule is CC(Cc1ccccc1)NC(=O)OC(C)(C)C.Cn1c(=O)cc(Sc2ccc(NC=O)cc2)c2ccccc21. The van der Waals surface area contributed by atoms with Crippen LogP contribution in [0.1, 0.15) is 33.3 Å². The standard InChI is InChI=1S/C17H14N2O2S.C14H21NO2/c1-19-15-5-3-2-4-14(15)16(10-17(19)21)22-13-8-6-12(7-9-13)18-11-20;1-11(10-12-8-6-5-7-9-12)15-13(16)17-14(2,3)4/h2-11H,1H3,(H,18,20);5-9,11H,10H2,1-4H3,(H,15,16). The van der Waals surface area contributed by atoms with Crippen LogP contribution < -0.4 is 16.2 Å². The minimum absolute atomic E-state index is 0.0274. The van der Waals surface area contributed by atoms with Crippen LogP contribution in [0.4, 0.5) is 10.5 Å². The van der Waals surface area contributed by atoms with Crippen LogP contribution in [0.3, 0.4) is 0 Å². The van der Waals surface area contributed by atoms with E-state index in [4.69, 9.17) is 4.74 Å². The van der Waals surface area contributed by atoms with E-state index in [1.807, 2.05) is 107 Å². The zero-order chi connectivity index (χ0) is 28.4. The van der Waals surface area contributed by atoms with Gasteiger partial charge < -0.3 is 19.9 Å². The Labute approximate surface area is 233 Å². The molecule has 3 aromatic carbocycles. The summed E-state index contributed by atoms with van der Waals surface area (Å²) in [5.41, 5.74) is 2.39. The van der Waals surface area contributed by atoms with E-state index in [0.29, 0.717) is 6.41 Å². The zero-order valence-electron chi connectivity index (χ0n) is 22.9. The lowest BCUT2D eigenvalue weighted by molar-refractivity contribution is -0.105. The predicted octanol–water partition coefficient (Wildman–Crippen LogP) is 6.40. The van der Waals surface area contributed by atoms with Crippen LogP contribution in [0.15, 0.2) is 99.5 Å². The molecule has 2 amide bonds. The summed E-state index contributed by atoms with van der Waals surface area (Å²) in [4.78, 5) is 36.0. The first-order valence-electron chi connectivity index (χ1n) is 12.7. The number of pyridine rings is 1. The molecule has 0 aliphatic rings. The van der Waals surface area contributed by atoms with Gasteiger partial charge in [0.1, 0.15) is 5.60 Å². The van der Waals surface area contributed by atoms with E-state index >= 15 is 0 Å². The normalized spacial score (nSPS) is 11.6. The number of ether oxygens (including phenoxy) is 1. The summed E-state index contributed by atoms with van der Waals surface area (Å²) >= 11 is 1.54. The number of anilines is 1. The van der Waals surface area contributed by atoms with Gasteiger partial charge in [0.15, 0.2) is 0 Å². The van der Waals surface area contributed by atoms with Gasteiger partial charge >= 0.3 is 6.09 Å². The highest BCUT2D eigenvalue weighted by atomic mass is 32.2. The quantitative estimate of drug-likeness (QED) is 0.262. The average molecular weight is 546 g/mol. The van der Waals surface area contributed by atoms with Crippen LogP contribution in [-0.4, -0.2) is 28.7 Å². The molecule has 7 nitrogen and oxygen atoms in total. The number of carbonyl (C=O) groups is 2. The van der Waals surface area contributed by atoms with Gasteiger partial charge in [-0.2, -0.15) is 0 Å². The molecule has 0 saturated heterocycles.